The molecule has 0 saturated heterocycles. The van der Waals surface area contributed by atoms with Gasteiger partial charge in [-0.2, -0.15) is 0 Å². The lowest BCUT2D eigenvalue weighted by Gasteiger charge is -2.09. The lowest BCUT2D eigenvalue weighted by molar-refractivity contribution is 0.295. The molecule has 0 amide bonds. The van der Waals surface area contributed by atoms with Crippen molar-refractivity contribution in [2.24, 2.45) is 0 Å². The molecule has 4 nitrogen and oxygen atoms in total. The summed E-state index contributed by atoms with van der Waals surface area (Å²) in [6, 6.07) is 16.1. The Bertz CT molecular complexity index is 889. The minimum absolute atomic E-state index is 0.472. The predicted molar refractivity (Wildman–Crippen MR) is 92.7 cm³/mol. The molecule has 0 spiro atoms. The molecular formula is C19H21N3O. The number of nitrogens with zero attached hydrogens (tertiary/aromatic N) is 2. The molecule has 3 rings (SSSR count). The number of imidazole rings is 1. The molecule has 0 aliphatic rings. The Morgan fingerprint density at radius 3 is 2.39 bits per heavy atom. The zero-order valence-electron chi connectivity index (χ0n) is 13.3. The predicted octanol–water partition coefficient (Wildman–Crippen LogP) is 3.50. The van der Waals surface area contributed by atoms with Gasteiger partial charge in [-0.3, -0.25) is 5.41 Å². The Hall–Kier alpha value is -2.75. The van der Waals surface area contributed by atoms with Crippen LogP contribution in [0.15, 0.2) is 61.2 Å². The summed E-state index contributed by atoms with van der Waals surface area (Å²) in [7, 11) is 0. The van der Waals surface area contributed by atoms with Crippen molar-refractivity contribution in [1.82, 2.24) is 9.13 Å². The first-order valence-corrected chi connectivity index (χ1v) is 7.74. The third-order valence-corrected chi connectivity index (χ3v) is 3.95. The molecule has 1 heterocycles. The highest BCUT2D eigenvalue weighted by Gasteiger charge is 2.09. The number of hydrogen-bond donors (Lipinski definition) is 1. The van der Waals surface area contributed by atoms with Crippen LogP contribution < -0.4 is 10.4 Å². The molecule has 2 aromatic carbocycles. The van der Waals surface area contributed by atoms with Gasteiger partial charge < -0.3 is 13.9 Å². The molecule has 118 valence electrons. The van der Waals surface area contributed by atoms with Crippen LogP contribution in [0.4, 0.5) is 0 Å². The van der Waals surface area contributed by atoms with Crippen molar-refractivity contribution in [2.75, 3.05) is 6.61 Å². The molecule has 0 bridgehead atoms. The second kappa shape index (κ2) is 6.57. The van der Waals surface area contributed by atoms with E-state index >= 15 is 0 Å². The van der Waals surface area contributed by atoms with Gasteiger partial charge >= 0.3 is 0 Å². The molecule has 0 unspecified atom stereocenters. The topological polar surface area (TPSA) is 42.9 Å². The van der Waals surface area contributed by atoms with Crippen LogP contribution in [0.3, 0.4) is 0 Å². The van der Waals surface area contributed by atoms with Gasteiger partial charge in [-0.25, -0.2) is 0 Å². The molecule has 1 N–H and O–H groups in total. The molecule has 3 aromatic rings. The van der Waals surface area contributed by atoms with Crippen LogP contribution in [0.25, 0.3) is 11.0 Å². The first-order chi connectivity index (χ1) is 11.2. The maximum Gasteiger partial charge on any atom is 0.203 e. The van der Waals surface area contributed by atoms with Gasteiger partial charge in [0.2, 0.25) is 5.62 Å². The van der Waals surface area contributed by atoms with E-state index in [9.17, 15) is 0 Å². The van der Waals surface area contributed by atoms with Gasteiger partial charge in [0, 0.05) is 6.54 Å². The number of benzene rings is 2. The average molecular weight is 307 g/mol. The van der Waals surface area contributed by atoms with Crippen LogP contribution in [0.5, 0.6) is 5.75 Å². The van der Waals surface area contributed by atoms with E-state index in [1.54, 1.807) is 0 Å². The zero-order chi connectivity index (χ0) is 16.2. The molecule has 23 heavy (non-hydrogen) atoms. The average Bonchev–Trinajstić information content (AvgIpc) is 2.83. The Morgan fingerprint density at radius 1 is 1.04 bits per heavy atom. The highest BCUT2D eigenvalue weighted by molar-refractivity contribution is 5.75. The minimum Gasteiger partial charge on any atom is -0.491 e. The zero-order valence-corrected chi connectivity index (χ0v) is 13.3. The van der Waals surface area contributed by atoms with E-state index in [0.717, 1.165) is 22.3 Å². The summed E-state index contributed by atoms with van der Waals surface area (Å²) >= 11 is 0. The number of para-hydroxylation sites is 3. The number of fused-ring (bicyclic) bond motifs is 1. The normalized spacial score (nSPS) is 10.8. The molecular weight excluding hydrogens is 286 g/mol. The van der Waals surface area contributed by atoms with E-state index in [2.05, 4.69) is 6.58 Å². The van der Waals surface area contributed by atoms with Crippen molar-refractivity contribution >= 4 is 11.0 Å². The lowest BCUT2D eigenvalue weighted by Crippen LogP contribution is -2.26. The molecule has 0 radical (unpaired) electrons. The van der Waals surface area contributed by atoms with Crippen molar-refractivity contribution < 1.29 is 4.74 Å². The summed E-state index contributed by atoms with van der Waals surface area (Å²) in [5, 5.41) is 8.43. The van der Waals surface area contributed by atoms with Crippen LogP contribution in [-0.4, -0.2) is 15.7 Å². The highest BCUT2D eigenvalue weighted by Crippen LogP contribution is 2.17. The van der Waals surface area contributed by atoms with Gasteiger partial charge in [0.1, 0.15) is 12.4 Å². The molecule has 4 heteroatoms. The number of allylic oxidation sites excluding steroid dienone is 1. The molecule has 0 fully saturated rings. The quantitative estimate of drug-likeness (QED) is 0.696. The van der Waals surface area contributed by atoms with E-state index < -0.39 is 0 Å². The van der Waals surface area contributed by atoms with Crippen LogP contribution >= 0.6 is 0 Å². The number of hydrogen-bond acceptors (Lipinski definition) is 2. The van der Waals surface area contributed by atoms with Crippen molar-refractivity contribution in [1.29, 1.82) is 5.41 Å². The summed E-state index contributed by atoms with van der Waals surface area (Å²) < 4.78 is 9.82. The number of aromatic nitrogens is 2. The van der Waals surface area contributed by atoms with Gasteiger partial charge in [-0.15, -0.1) is 6.58 Å². The molecule has 1 aromatic heterocycles. The Labute approximate surface area is 135 Å². The first-order valence-electron chi connectivity index (χ1n) is 7.74. The van der Waals surface area contributed by atoms with Crippen molar-refractivity contribution in [3.8, 4) is 5.75 Å². The molecule has 0 aliphatic carbocycles. The summed E-state index contributed by atoms with van der Waals surface area (Å²) in [5.74, 6) is 0.898. The monoisotopic (exact) mass is 307 g/mol. The van der Waals surface area contributed by atoms with Gasteiger partial charge in [0.05, 0.1) is 17.6 Å². The SMILES string of the molecule is C=CCn1c(=N)n(CCOc2ccccc2C)c2ccccc21. The maximum atomic E-state index is 8.43. The largest absolute Gasteiger partial charge is 0.491 e. The number of aryl methyl sites for hydroxylation is 1. The summed E-state index contributed by atoms with van der Waals surface area (Å²) in [5.41, 5.74) is 3.69. The maximum absolute atomic E-state index is 8.43. The standard InChI is InChI=1S/C19H21N3O/c1-3-12-21-16-9-5-6-10-17(16)22(19(21)20)13-14-23-18-11-7-4-8-15(18)2/h3-11,20H,1,12-14H2,2H3. The van der Waals surface area contributed by atoms with Gasteiger partial charge in [-0.05, 0) is 30.7 Å². The summed E-state index contributed by atoms with van der Waals surface area (Å²) in [6.07, 6.45) is 1.82. The lowest BCUT2D eigenvalue weighted by atomic mass is 10.2. The third kappa shape index (κ3) is 2.93. The fraction of sp³-hybridized carbons (Fsp3) is 0.211. The Morgan fingerprint density at radius 2 is 1.70 bits per heavy atom. The Kier molecular flexibility index (Phi) is 4.33. The van der Waals surface area contributed by atoms with E-state index in [4.69, 9.17) is 10.1 Å². The van der Waals surface area contributed by atoms with Gasteiger partial charge in [0.25, 0.3) is 0 Å². The first kappa shape index (κ1) is 15.2. The van der Waals surface area contributed by atoms with E-state index in [1.807, 2.05) is 70.7 Å². The van der Waals surface area contributed by atoms with Crippen LogP contribution in [0.2, 0.25) is 0 Å². The van der Waals surface area contributed by atoms with Crippen LogP contribution in [-0.2, 0) is 13.1 Å². The smallest absolute Gasteiger partial charge is 0.203 e. The molecule has 0 atom stereocenters. The number of rotatable bonds is 6. The van der Waals surface area contributed by atoms with Crippen molar-refractivity contribution in [3.05, 3.63) is 72.4 Å². The van der Waals surface area contributed by atoms with E-state index in [1.165, 1.54) is 0 Å². The summed E-state index contributed by atoms with van der Waals surface area (Å²) in [6.45, 7) is 7.62. The fourth-order valence-corrected chi connectivity index (χ4v) is 2.80. The molecule has 0 aliphatic heterocycles. The van der Waals surface area contributed by atoms with E-state index in [-0.39, 0.29) is 0 Å². The van der Waals surface area contributed by atoms with Crippen LogP contribution in [0, 0.1) is 12.3 Å². The van der Waals surface area contributed by atoms with Gasteiger partial charge in [-0.1, -0.05) is 36.4 Å². The van der Waals surface area contributed by atoms with Crippen molar-refractivity contribution in [3.63, 3.8) is 0 Å². The van der Waals surface area contributed by atoms with Gasteiger partial charge in [0.15, 0.2) is 0 Å². The van der Waals surface area contributed by atoms with Crippen molar-refractivity contribution in [2.45, 2.75) is 20.0 Å². The fourth-order valence-electron chi connectivity index (χ4n) is 2.80. The Balaban J connectivity index is 1.86. The molecule has 0 saturated carbocycles. The number of nitrogens with one attached hydrogen (secondary N) is 1. The number of ether oxygens (including phenoxy) is 1. The second-order valence-electron chi connectivity index (χ2n) is 5.48. The summed E-state index contributed by atoms with van der Waals surface area (Å²) in [4.78, 5) is 0. The highest BCUT2D eigenvalue weighted by atomic mass is 16.5. The van der Waals surface area contributed by atoms with E-state index in [0.29, 0.717) is 25.3 Å². The van der Waals surface area contributed by atoms with Crippen LogP contribution in [0.1, 0.15) is 5.56 Å². The second-order valence-corrected chi connectivity index (χ2v) is 5.48. The minimum atomic E-state index is 0.472. The third-order valence-electron chi connectivity index (χ3n) is 3.95.